The van der Waals surface area contributed by atoms with E-state index >= 15 is 0 Å². The van der Waals surface area contributed by atoms with Gasteiger partial charge in [0.25, 0.3) is 0 Å². The van der Waals surface area contributed by atoms with Crippen LogP contribution >= 0.6 is 11.6 Å². The molecule has 4 nitrogen and oxygen atoms in total. The summed E-state index contributed by atoms with van der Waals surface area (Å²) in [5.41, 5.74) is 0. The highest BCUT2D eigenvalue weighted by atomic mass is 35.5. The second-order valence-electron chi connectivity index (χ2n) is 4.67. The summed E-state index contributed by atoms with van der Waals surface area (Å²) < 4.78 is 11.4. The number of carboxylic acids is 1. The lowest BCUT2D eigenvalue weighted by Crippen LogP contribution is -2.28. The third-order valence-electron chi connectivity index (χ3n) is 3.08. The molecule has 1 fully saturated rings. The first-order valence-electron chi connectivity index (χ1n) is 6.77. The number of alkyl halides is 1. The number of halogens is 1. The molecule has 0 bridgehead atoms. The summed E-state index contributed by atoms with van der Waals surface area (Å²) in [7, 11) is 0. The summed E-state index contributed by atoms with van der Waals surface area (Å²) >= 11 is 5.76. The number of unbranched alkanes of at least 4 members (excludes halogenated alkanes) is 1. The molecule has 2 atom stereocenters. The van der Waals surface area contributed by atoms with Crippen LogP contribution < -0.4 is 0 Å². The van der Waals surface area contributed by atoms with Gasteiger partial charge in [0.15, 0.2) is 6.29 Å². The number of rotatable bonds is 9. The van der Waals surface area contributed by atoms with E-state index in [1.807, 2.05) is 0 Å². The summed E-state index contributed by atoms with van der Waals surface area (Å²) in [5, 5.41) is 8.57. The Morgan fingerprint density at radius 3 is 2.83 bits per heavy atom. The first-order chi connectivity index (χ1) is 8.72. The third kappa shape index (κ3) is 7.19. The standard InChI is InChI=1S/C13H23ClO4/c14-9-8-11(5-1-2-6-12(15)16)18-13-7-3-4-10-17-13/h11,13H,1-10H2,(H,15,16)/t11-,13-/m0/s1. The Morgan fingerprint density at radius 1 is 1.39 bits per heavy atom. The van der Waals surface area contributed by atoms with Crippen molar-refractivity contribution in [2.24, 2.45) is 0 Å². The number of carboxylic acid groups (broad SMARTS) is 1. The van der Waals surface area contributed by atoms with Crippen molar-refractivity contribution in [2.45, 2.75) is 63.8 Å². The van der Waals surface area contributed by atoms with Gasteiger partial charge in [-0.3, -0.25) is 4.79 Å². The van der Waals surface area contributed by atoms with Crippen LogP contribution in [0.5, 0.6) is 0 Å². The molecule has 0 aromatic rings. The van der Waals surface area contributed by atoms with Crippen LogP contribution in [0.2, 0.25) is 0 Å². The second-order valence-corrected chi connectivity index (χ2v) is 5.05. The van der Waals surface area contributed by atoms with E-state index in [2.05, 4.69) is 0 Å². The molecule has 0 amide bonds. The van der Waals surface area contributed by atoms with E-state index in [-0.39, 0.29) is 18.8 Å². The van der Waals surface area contributed by atoms with Crippen LogP contribution in [0.4, 0.5) is 0 Å². The van der Waals surface area contributed by atoms with Crippen LogP contribution in [0.15, 0.2) is 0 Å². The largest absolute Gasteiger partial charge is 0.481 e. The van der Waals surface area contributed by atoms with Gasteiger partial charge in [0.1, 0.15) is 0 Å². The highest BCUT2D eigenvalue weighted by Crippen LogP contribution is 2.19. The Kier molecular flexibility index (Phi) is 8.38. The predicted octanol–water partition coefficient (Wildman–Crippen LogP) is 3.17. The van der Waals surface area contributed by atoms with Gasteiger partial charge in [0.05, 0.1) is 6.10 Å². The maximum Gasteiger partial charge on any atom is 0.303 e. The summed E-state index contributed by atoms with van der Waals surface area (Å²) in [5.74, 6) is -0.170. The average molecular weight is 279 g/mol. The zero-order chi connectivity index (χ0) is 13.2. The summed E-state index contributed by atoms with van der Waals surface area (Å²) in [6, 6.07) is 0. The Hall–Kier alpha value is -0.320. The molecule has 0 aliphatic carbocycles. The molecule has 0 unspecified atom stereocenters. The molecule has 0 spiro atoms. The van der Waals surface area contributed by atoms with Crippen molar-refractivity contribution in [3.05, 3.63) is 0 Å². The van der Waals surface area contributed by atoms with Gasteiger partial charge in [-0.25, -0.2) is 0 Å². The zero-order valence-electron chi connectivity index (χ0n) is 10.8. The van der Waals surface area contributed by atoms with E-state index in [9.17, 15) is 4.79 Å². The molecular weight excluding hydrogens is 256 g/mol. The maximum atomic E-state index is 10.4. The molecule has 106 valence electrons. The highest BCUT2D eigenvalue weighted by Gasteiger charge is 2.19. The third-order valence-corrected chi connectivity index (χ3v) is 3.30. The van der Waals surface area contributed by atoms with Gasteiger partial charge < -0.3 is 14.6 Å². The lowest BCUT2D eigenvalue weighted by Gasteiger charge is -2.27. The van der Waals surface area contributed by atoms with E-state index in [4.69, 9.17) is 26.2 Å². The van der Waals surface area contributed by atoms with Crippen molar-refractivity contribution < 1.29 is 19.4 Å². The van der Waals surface area contributed by atoms with E-state index in [1.165, 1.54) is 0 Å². The fraction of sp³-hybridized carbons (Fsp3) is 0.923. The minimum absolute atomic E-state index is 0.0913. The molecule has 1 aliphatic rings. The molecule has 5 heteroatoms. The van der Waals surface area contributed by atoms with Crippen molar-refractivity contribution >= 4 is 17.6 Å². The van der Waals surface area contributed by atoms with Gasteiger partial charge >= 0.3 is 5.97 Å². The second kappa shape index (κ2) is 9.59. The van der Waals surface area contributed by atoms with Crippen molar-refractivity contribution in [1.82, 2.24) is 0 Å². The van der Waals surface area contributed by atoms with E-state index in [0.29, 0.717) is 12.3 Å². The Bertz CT molecular complexity index is 229. The van der Waals surface area contributed by atoms with Crippen molar-refractivity contribution in [2.75, 3.05) is 12.5 Å². The molecule has 1 heterocycles. The summed E-state index contributed by atoms with van der Waals surface area (Å²) in [6.07, 6.45) is 6.67. The normalized spacial score (nSPS) is 21.7. The smallest absolute Gasteiger partial charge is 0.303 e. The molecule has 0 saturated carbocycles. The fourth-order valence-electron chi connectivity index (χ4n) is 2.08. The van der Waals surface area contributed by atoms with E-state index < -0.39 is 5.97 Å². The van der Waals surface area contributed by atoms with Crippen LogP contribution in [0.1, 0.15) is 51.4 Å². The Balaban J connectivity index is 2.18. The topological polar surface area (TPSA) is 55.8 Å². The van der Waals surface area contributed by atoms with Gasteiger partial charge in [-0.2, -0.15) is 0 Å². The van der Waals surface area contributed by atoms with Gasteiger partial charge in [0.2, 0.25) is 0 Å². The Morgan fingerprint density at radius 2 is 2.22 bits per heavy atom. The zero-order valence-corrected chi connectivity index (χ0v) is 11.5. The van der Waals surface area contributed by atoms with Crippen LogP contribution in [-0.2, 0) is 14.3 Å². The quantitative estimate of drug-likeness (QED) is 0.520. The number of hydrogen-bond acceptors (Lipinski definition) is 3. The first-order valence-corrected chi connectivity index (χ1v) is 7.30. The molecule has 0 aromatic heterocycles. The molecule has 1 rings (SSSR count). The van der Waals surface area contributed by atoms with Crippen LogP contribution in [0.3, 0.4) is 0 Å². The number of carbonyl (C=O) groups is 1. The van der Waals surface area contributed by atoms with Gasteiger partial charge in [-0.05, 0) is 38.5 Å². The van der Waals surface area contributed by atoms with Crippen LogP contribution in [0, 0.1) is 0 Å². The molecule has 18 heavy (non-hydrogen) atoms. The average Bonchev–Trinajstić information content (AvgIpc) is 2.36. The molecule has 0 radical (unpaired) electrons. The van der Waals surface area contributed by atoms with Crippen LogP contribution in [-0.4, -0.2) is 36.0 Å². The fourth-order valence-corrected chi connectivity index (χ4v) is 2.33. The Labute approximate surface area is 114 Å². The summed E-state index contributed by atoms with van der Waals surface area (Å²) in [4.78, 5) is 10.4. The molecule has 1 saturated heterocycles. The minimum Gasteiger partial charge on any atom is -0.481 e. The predicted molar refractivity (Wildman–Crippen MR) is 69.9 cm³/mol. The minimum atomic E-state index is -0.736. The van der Waals surface area contributed by atoms with E-state index in [0.717, 1.165) is 45.1 Å². The number of hydrogen-bond donors (Lipinski definition) is 1. The SMILES string of the molecule is O=C(O)CCCC[C@@H](CCCl)O[C@H]1CCCCO1. The van der Waals surface area contributed by atoms with Gasteiger partial charge in [0, 0.05) is 18.9 Å². The molecule has 1 N–H and O–H groups in total. The van der Waals surface area contributed by atoms with E-state index in [1.54, 1.807) is 0 Å². The van der Waals surface area contributed by atoms with Gasteiger partial charge in [-0.15, -0.1) is 11.6 Å². The van der Waals surface area contributed by atoms with Gasteiger partial charge in [-0.1, -0.05) is 6.42 Å². The summed E-state index contributed by atoms with van der Waals surface area (Å²) in [6.45, 7) is 0.775. The monoisotopic (exact) mass is 278 g/mol. The van der Waals surface area contributed by atoms with Crippen LogP contribution in [0.25, 0.3) is 0 Å². The van der Waals surface area contributed by atoms with Crippen molar-refractivity contribution in [1.29, 1.82) is 0 Å². The number of ether oxygens (including phenoxy) is 2. The number of aliphatic carboxylic acids is 1. The van der Waals surface area contributed by atoms with Crippen molar-refractivity contribution in [3.63, 3.8) is 0 Å². The molecule has 1 aliphatic heterocycles. The molecule has 0 aromatic carbocycles. The lowest BCUT2D eigenvalue weighted by molar-refractivity contribution is -0.189. The molecular formula is C13H23ClO4. The first kappa shape index (κ1) is 15.7. The highest BCUT2D eigenvalue weighted by molar-refractivity contribution is 6.17. The van der Waals surface area contributed by atoms with Crippen molar-refractivity contribution in [3.8, 4) is 0 Å². The maximum absolute atomic E-state index is 10.4. The lowest BCUT2D eigenvalue weighted by atomic mass is 10.1.